The van der Waals surface area contributed by atoms with Crippen LogP contribution in [0.3, 0.4) is 0 Å². The first-order chi connectivity index (χ1) is 12.5. The van der Waals surface area contributed by atoms with E-state index in [2.05, 4.69) is 52.9 Å². The van der Waals surface area contributed by atoms with Crippen molar-refractivity contribution in [3.63, 3.8) is 0 Å². The van der Waals surface area contributed by atoms with Crippen molar-refractivity contribution in [1.82, 2.24) is 4.98 Å². The second-order valence-electron chi connectivity index (χ2n) is 6.51. The predicted octanol–water partition coefficient (Wildman–Crippen LogP) is 4.71. The predicted molar refractivity (Wildman–Crippen MR) is 109 cm³/mol. The van der Waals surface area contributed by atoms with Gasteiger partial charge >= 0.3 is 0 Å². The first-order valence-electron chi connectivity index (χ1n) is 8.61. The van der Waals surface area contributed by atoms with Gasteiger partial charge in [0.1, 0.15) is 0 Å². The highest BCUT2D eigenvalue weighted by Crippen LogP contribution is 2.21. The van der Waals surface area contributed by atoms with Gasteiger partial charge in [-0.25, -0.2) is 4.98 Å². The number of carbonyl (C=O) groups excluding carboxylic acids is 1. The van der Waals surface area contributed by atoms with E-state index in [1.165, 1.54) is 28.0 Å². The lowest BCUT2D eigenvalue weighted by Gasteiger charge is -2.10. The topological polar surface area (TPSA) is 54.0 Å². The van der Waals surface area contributed by atoms with Gasteiger partial charge in [-0.2, -0.15) is 0 Å². The van der Waals surface area contributed by atoms with E-state index in [-0.39, 0.29) is 12.5 Å². The maximum atomic E-state index is 12.2. The summed E-state index contributed by atoms with van der Waals surface area (Å²) in [6, 6.07) is 14.6. The van der Waals surface area contributed by atoms with Crippen molar-refractivity contribution >= 4 is 28.1 Å². The van der Waals surface area contributed by atoms with E-state index in [1.54, 1.807) is 0 Å². The largest absolute Gasteiger partial charge is 0.376 e. The molecule has 0 aliphatic heterocycles. The van der Waals surface area contributed by atoms with E-state index >= 15 is 0 Å². The summed E-state index contributed by atoms with van der Waals surface area (Å²) in [6.07, 6.45) is 2.66. The molecule has 0 unspecified atom stereocenters. The summed E-state index contributed by atoms with van der Waals surface area (Å²) in [6.45, 7) is 6.36. The maximum Gasteiger partial charge on any atom is 0.245 e. The monoisotopic (exact) mass is 365 g/mol. The molecular formula is C21H23N3OS. The fraction of sp³-hybridized carbons (Fsp3) is 0.238. The lowest BCUT2D eigenvalue weighted by molar-refractivity contribution is -0.114. The average Bonchev–Trinajstić information content (AvgIpc) is 3.04. The first-order valence-corrected chi connectivity index (χ1v) is 9.42. The van der Waals surface area contributed by atoms with E-state index in [9.17, 15) is 4.79 Å². The van der Waals surface area contributed by atoms with Crippen LogP contribution in [-0.4, -0.2) is 17.4 Å². The molecule has 0 spiro atoms. The molecule has 2 aromatic carbocycles. The average molecular weight is 366 g/mol. The molecule has 1 heterocycles. The quantitative estimate of drug-likeness (QED) is 0.665. The summed E-state index contributed by atoms with van der Waals surface area (Å²) < 4.78 is 0. The Kier molecular flexibility index (Phi) is 5.68. The van der Waals surface area contributed by atoms with Crippen LogP contribution in [0.1, 0.15) is 27.1 Å². The molecular weight excluding hydrogens is 342 g/mol. The molecule has 0 radical (unpaired) electrons. The summed E-state index contributed by atoms with van der Waals surface area (Å²) in [7, 11) is 0. The lowest BCUT2D eigenvalue weighted by atomic mass is 10.1. The Morgan fingerprint density at radius 2 is 1.77 bits per heavy atom. The fourth-order valence-corrected chi connectivity index (χ4v) is 3.48. The summed E-state index contributed by atoms with van der Waals surface area (Å²) in [4.78, 5) is 17.6. The Morgan fingerprint density at radius 3 is 2.54 bits per heavy atom. The Labute approximate surface area is 158 Å². The van der Waals surface area contributed by atoms with Gasteiger partial charge in [0.05, 0.1) is 6.54 Å². The van der Waals surface area contributed by atoms with Gasteiger partial charge in [-0.3, -0.25) is 4.79 Å². The Hall–Kier alpha value is -2.66. The number of rotatable bonds is 6. The summed E-state index contributed by atoms with van der Waals surface area (Å²) in [5, 5.41) is 6.70. The number of nitrogens with one attached hydrogen (secondary N) is 2. The number of benzene rings is 2. The number of aryl methyl sites for hydroxylation is 3. The van der Waals surface area contributed by atoms with Gasteiger partial charge in [0.2, 0.25) is 5.91 Å². The van der Waals surface area contributed by atoms with Gasteiger partial charge in [-0.15, -0.1) is 11.3 Å². The normalized spacial score (nSPS) is 10.6. The van der Waals surface area contributed by atoms with Crippen LogP contribution >= 0.6 is 11.3 Å². The van der Waals surface area contributed by atoms with Gasteiger partial charge in [-0.1, -0.05) is 42.0 Å². The van der Waals surface area contributed by atoms with E-state index in [1.807, 2.05) is 32.2 Å². The van der Waals surface area contributed by atoms with Crippen LogP contribution < -0.4 is 10.6 Å². The second-order valence-corrected chi connectivity index (χ2v) is 7.63. The standard InChI is InChI=1S/C21H23N3OS/c1-14-5-8-17(9-6-14)11-18-12-23-21(26-18)24-20(25)13-22-19-10-15(2)4-7-16(19)3/h4-10,12,22H,11,13H2,1-3H3,(H,23,24,25). The fourth-order valence-electron chi connectivity index (χ4n) is 2.62. The van der Waals surface area contributed by atoms with Gasteiger partial charge in [0.25, 0.3) is 0 Å². The number of anilines is 2. The molecule has 3 aromatic rings. The molecule has 0 fully saturated rings. The van der Waals surface area contributed by atoms with Crippen molar-refractivity contribution < 1.29 is 4.79 Å². The molecule has 3 rings (SSSR count). The molecule has 0 atom stereocenters. The molecule has 1 aromatic heterocycles. The van der Waals surface area contributed by atoms with Crippen LogP contribution in [0.2, 0.25) is 0 Å². The third kappa shape index (κ3) is 4.92. The summed E-state index contributed by atoms with van der Waals surface area (Å²) >= 11 is 1.52. The molecule has 1 amide bonds. The minimum absolute atomic E-state index is 0.0952. The number of amides is 1. The van der Waals surface area contributed by atoms with Crippen molar-refractivity contribution in [2.45, 2.75) is 27.2 Å². The van der Waals surface area contributed by atoms with E-state index in [0.29, 0.717) is 5.13 Å². The zero-order chi connectivity index (χ0) is 18.5. The first kappa shape index (κ1) is 18.1. The molecule has 0 aliphatic rings. The maximum absolute atomic E-state index is 12.2. The van der Waals surface area contributed by atoms with Crippen molar-refractivity contribution in [1.29, 1.82) is 0 Å². The molecule has 2 N–H and O–H groups in total. The second kappa shape index (κ2) is 8.15. The smallest absolute Gasteiger partial charge is 0.245 e. The SMILES string of the molecule is Cc1ccc(Cc2cnc(NC(=O)CNc3cc(C)ccc3C)s2)cc1. The number of hydrogen-bond acceptors (Lipinski definition) is 4. The van der Waals surface area contributed by atoms with Crippen molar-refractivity contribution in [3.05, 3.63) is 75.8 Å². The molecule has 0 aliphatic carbocycles. The zero-order valence-electron chi connectivity index (χ0n) is 15.3. The van der Waals surface area contributed by atoms with Gasteiger partial charge in [0.15, 0.2) is 5.13 Å². The highest BCUT2D eigenvalue weighted by atomic mass is 32.1. The van der Waals surface area contributed by atoms with E-state index in [0.717, 1.165) is 22.5 Å². The third-order valence-electron chi connectivity index (χ3n) is 4.13. The van der Waals surface area contributed by atoms with Crippen molar-refractivity contribution in [2.24, 2.45) is 0 Å². The highest BCUT2D eigenvalue weighted by Gasteiger charge is 2.08. The van der Waals surface area contributed by atoms with Crippen LogP contribution in [0.25, 0.3) is 0 Å². The lowest BCUT2D eigenvalue weighted by Crippen LogP contribution is -2.22. The molecule has 5 heteroatoms. The Balaban J connectivity index is 1.54. The molecule has 134 valence electrons. The van der Waals surface area contributed by atoms with Crippen LogP contribution in [-0.2, 0) is 11.2 Å². The van der Waals surface area contributed by atoms with Crippen LogP contribution in [0.15, 0.2) is 48.7 Å². The van der Waals surface area contributed by atoms with E-state index < -0.39 is 0 Å². The zero-order valence-corrected chi connectivity index (χ0v) is 16.1. The van der Waals surface area contributed by atoms with Crippen LogP contribution in [0, 0.1) is 20.8 Å². The van der Waals surface area contributed by atoms with Gasteiger partial charge < -0.3 is 10.6 Å². The summed E-state index contributed by atoms with van der Waals surface area (Å²) in [5.74, 6) is -0.0952. The minimum atomic E-state index is -0.0952. The molecule has 4 nitrogen and oxygen atoms in total. The molecule has 0 saturated carbocycles. The number of hydrogen-bond donors (Lipinski definition) is 2. The Morgan fingerprint density at radius 1 is 1.04 bits per heavy atom. The number of thiazole rings is 1. The minimum Gasteiger partial charge on any atom is -0.376 e. The third-order valence-corrected chi connectivity index (χ3v) is 5.04. The van der Waals surface area contributed by atoms with Crippen LogP contribution in [0.4, 0.5) is 10.8 Å². The summed E-state index contributed by atoms with van der Waals surface area (Å²) in [5.41, 5.74) is 5.77. The van der Waals surface area contributed by atoms with Crippen molar-refractivity contribution in [2.75, 3.05) is 17.2 Å². The molecule has 26 heavy (non-hydrogen) atoms. The number of carbonyl (C=O) groups is 1. The van der Waals surface area contributed by atoms with Gasteiger partial charge in [-0.05, 0) is 43.5 Å². The molecule has 0 saturated heterocycles. The molecule has 0 bridgehead atoms. The number of aromatic nitrogens is 1. The van der Waals surface area contributed by atoms with Crippen molar-refractivity contribution in [3.8, 4) is 0 Å². The van der Waals surface area contributed by atoms with Gasteiger partial charge in [0, 0.05) is 23.2 Å². The Bertz CT molecular complexity index is 900. The van der Waals surface area contributed by atoms with E-state index in [4.69, 9.17) is 0 Å². The highest BCUT2D eigenvalue weighted by molar-refractivity contribution is 7.15. The van der Waals surface area contributed by atoms with Crippen LogP contribution in [0.5, 0.6) is 0 Å². The number of nitrogens with zero attached hydrogens (tertiary/aromatic N) is 1.